The van der Waals surface area contributed by atoms with Crippen molar-refractivity contribution in [3.63, 3.8) is 0 Å². The smallest absolute Gasteiger partial charge is 0.414 e. The molecular weight excluding hydrogens is 432 g/mol. The minimum absolute atomic E-state index is 0.0222. The second-order valence-electron chi connectivity index (χ2n) is 7.33. The molecule has 172 valence electrons. The predicted molar refractivity (Wildman–Crippen MR) is 114 cm³/mol. The zero-order chi connectivity index (χ0) is 24.0. The molecule has 2 aromatic heterocycles. The summed E-state index contributed by atoms with van der Waals surface area (Å²) in [6.07, 6.45) is 3.27. The van der Waals surface area contributed by atoms with Gasteiger partial charge in [0.2, 0.25) is 23.4 Å². The number of carbonyl (C=O) groups excluding carboxylic acids is 1. The van der Waals surface area contributed by atoms with E-state index in [2.05, 4.69) is 25.4 Å². The van der Waals surface area contributed by atoms with Gasteiger partial charge in [0, 0.05) is 31.2 Å². The molecule has 1 aliphatic rings. The summed E-state index contributed by atoms with van der Waals surface area (Å²) in [6.45, 7) is 5.79. The number of carboxylic acid groups (broad SMARTS) is 2. The second kappa shape index (κ2) is 10.4. The van der Waals surface area contributed by atoms with Gasteiger partial charge in [-0.25, -0.2) is 19.6 Å². The summed E-state index contributed by atoms with van der Waals surface area (Å²) in [7, 11) is 0. The van der Waals surface area contributed by atoms with Crippen molar-refractivity contribution in [1.82, 2.24) is 25.0 Å². The molecule has 12 heteroatoms. The zero-order valence-corrected chi connectivity index (χ0v) is 17.9. The van der Waals surface area contributed by atoms with Gasteiger partial charge in [-0.2, -0.15) is 4.98 Å². The Kier molecular flexibility index (Phi) is 7.41. The van der Waals surface area contributed by atoms with Gasteiger partial charge in [-0.05, 0) is 37.1 Å². The van der Waals surface area contributed by atoms with Crippen LogP contribution >= 0.6 is 0 Å². The van der Waals surface area contributed by atoms with Crippen molar-refractivity contribution in [2.24, 2.45) is 0 Å². The molecule has 3 N–H and O–H groups in total. The highest BCUT2D eigenvalue weighted by atomic mass is 16.5. The molecule has 1 aliphatic heterocycles. The molecule has 3 aromatic rings. The monoisotopic (exact) mass is 454 g/mol. The molecule has 0 aliphatic carbocycles. The standard InChI is InChI=1S/C19H20N6O2.C2H2O4/c1-12-5-3-6-15(13(12)2)22-16(26)11-25-9-14(10-25)19-23-18(24-27-19)17-20-7-4-8-21-17;3-1(4)2(5)6/h3-8,14H,9-11H2,1-2H3,(H,22,26);(H,3,4)(H,5,6). The van der Waals surface area contributed by atoms with Crippen molar-refractivity contribution >= 4 is 23.5 Å². The molecule has 4 rings (SSSR count). The number of anilines is 1. The first-order valence-electron chi connectivity index (χ1n) is 9.90. The van der Waals surface area contributed by atoms with E-state index in [0.29, 0.717) is 37.2 Å². The number of hydrogen-bond donors (Lipinski definition) is 3. The fourth-order valence-electron chi connectivity index (χ4n) is 3.04. The molecule has 1 amide bonds. The molecular formula is C21H22N6O6. The first-order chi connectivity index (χ1) is 15.7. The topological polar surface area (TPSA) is 172 Å². The minimum atomic E-state index is -1.82. The Balaban J connectivity index is 0.000000454. The molecule has 0 atom stereocenters. The molecule has 1 saturated heterocycles. The van der Waals surface area contributed by atoms with E-state index in [1.54, 1.807) is 18.5 Å². The molecule has 12 nitrogen and oxygen atoms in total. The van der Waals surface area contributed by atoms with E-state index in [1.807, 2.05) is 36.9 Å². The number of aromatic nitrogens is 4. The van der Waals surface area contributed by atoms with Gasteiger partial charge in [0.05, 0.1) is 12.5 Å². The van der Waals surface area contributed by atoms with Crippen molar-refractivity contribution in [1.29, 1.82) is 0 Å². The number of carbonyl (C=O) groups is 3. The lowest BCUT2D eigenvalue weighted by molar-refractivity contribution is -0.159. The van der Waals surface area contributed by atoms with Crippen molar-refractivity contribution in [2.75, 3.05) is 25.0 Å². The number of aryl methyl sites for hydroxylation is 1. The number of likely N-dealkylation sites (tertiary alicyclic amines) is 1. The van der Waals surface area contributed by atoms with E-state index in [9.17, 15) is 4.79 Å². The molecule has 1 aromatic carbocycles. The van der Waals surface area contributed by atoms with Crippen LogP contribution in [0.5, 0.6) is 0 Å². The van der Waals surface area contributed by atoms with Crippen LogP contribution in [0, 0.1) is 13.8 Å². The number of nitrogens with one attached hydrogen (secondary N) is 1. The third-order valence-corrected chi connectivity index (χ3v) is 4.94. The van der Waals surface area contributed by atoms with Gasteiger partial charge in [-0.1, -0.05) is 17.3 Å². The van der Waals surface area contributed by atoms with Crippen LogP contribution in [-0.2, 0) is 14.4 Å². The maximum atomic E-state index is 12.3. The third-order valence-electron chi connectivity index (χ3n) is 4.94. The summed E-state index contributed by atoms with van der Waals surface area (Å²) < 4.78 is 5.33. The highest BCUT2D eigenvalue weighted by Gasteiger charge is 2.33. The number of amides is 1. The average Bonchev–Trinajstić information content (AvgIpc) is 3.24. The van der Waals surface area contributed by atoms with E-state index < -0.39 is 11.9 Å². The normalized spacial score (nSPS) is 13.4. The third kappa shape index (κ3) is 6.17. The Labute approximate surface area is 188 Å². The molecule has 0 unspecified atom stereocenters. The molecule has 0 saturated carbocycles. The molecule has 0 spiro atoms. The molecule has 33 heavy (non-hydrogen) atoms. The number of rotatable bonds is 5. The highest BCUT2D eigenvalue weighted by Crippen LogP contribution is 2.27. The fraction of sp³-hybridized carbons (Fsp3) is 0.286. The minimum Gasteiger partial charge on any atom is -0.473 e. The van der Waals surface area contributed by atoms with E-state index in [4.69, 9.17) is 24.3 Å². The van der Waals surface area contributed by atoms with Gasteiger partial charge >= 0.3 is 11.9 Å². The summed E-state index contributed by atoms with van der Waals surface area (Å²) in [4.78, 5) is 45.1. The predicted octanol–water partition coefficient (Wildman–Crippen LogP) is 1.34. The van der Waals surface area contributed by atoms with Crippen LogP contribution in [0.4, 0.5) is 5.69 Å². The van der Waals surface area contributed by atoms with Crippen molar-refractivity contribution in [2.45, 2.75) is 19.8 Å². The van der Waals surface area contributed by atoms with Crippen LogP contribution in [0.1, 0.15) is 22.9 Å². The van der Waals surface area contributed by atoms with Crippen molar-refractivity contribution < 1.29 is 29.1 Å². The van der Waals surface area contributed by atoms with Crippen LogP contribution in [0.2, 0.25) is 0 Å². The van der Waals surface area contributed by atoms with Gasteiger partial charge < -0.3 is 20.1 Å². The van der Waals surface area contributed by atoms with Crippen LogP contribution < -0.4 is 5.32 Å². The highest BCUT2D eigenvalue weighted by molar-refractivity contribution is 6.27. The van der Waals surface area contributed by atoms with Crippen LogP contribution in [0.3, 0.4) is 0 Å². The van der Waals surface area contributed by atoms with Gasteiger partial charge in [-0.15, -0.1) is 0 Å². The lowest BCUT2D eigenvalue weighted by Gasteiger charge is -2.36. The van der Waals surface area contributed by atoms with E-state index in [1.165, 1.54) is 0 Å². The largest absolute Gasteiger partial charge is 0.473 e. The Hall–Kier alpha value is -4.19. The average molecular weight is 454 g/mol. The molecule has 3 heterocycles. The van der Waals surface area contributed by atoms with E-state index in [0.717, 1.165) is 16.8 Å². The van der Waals surface area contributed by atoms with Gasteiger partial charge in [0.25, 0.3) is 0 Å². The molecule has 0 radical (unpaired) electrons. The molecule has 1 fully saturated rings. The fourth-order valence-corrected chi connectivity index (χ4v) is 3.04. The Bertz CT molecular complexity index is 1130. The second-order valence-corrected chi connectivity index (χ2v) is 7.33. The Morgan fingerprint density at radius 2 is 1.73 bits per heavy atom. The number of nitrogens with zero attached hydrogens (tertiary/aromatic N) is 5. The zero-order valence-electron chi connectivity index (χ0n) is 17.9. The number of hydrogen-bond acceptors (Lipinski definition) is 9. The Morgan fingerprint density at radius 1 is 1.06 bits per heavy atom. The van der Waals surface area contributed by atoms with Crippen LogP contribution in [0.25, 0.3) is 11.6 Å². The number of benzene rings is 1. The summed E-state index contributed by atoms with van der Waals surface area (Å²) in [5.74, 6) is -2.16. The van der Waals surface area contributed by atoms with Crippen LogP contribution in [-0.4, -0.2) is 72.7 Å². The Morgan fingerprint density at radius 3 is 2.36 bits per heavy atom. The SMILES string of the molecule is Cc1cccc(NC(=O)CN2CC(c3nc(-c4ncccn4)no3)C2)c1C.O=C(O)C(=O)O. The quantitative estimate of drug-likeness (QED) is 0.475. The maximum absolute atomic E-state index is 12.3. The van der Waals surface area contributed by atoms with Crippen molar-refractivity contribution in [3.05, 3.63) is 53.7 Å². The lowest BCUT2D eigenvalue weighted by Crippen LogP contribution is -2.48. The van der Waals surface area contributed by atoms with E-state index >= 15 is 0 Å². The summed E-state index contributed by atoms with van der Waals surface area (Å²) in [6, 6.07) is 7.63. The molecule has 0 bridgehead atoms. The number of carboxylic acids is 2. The van der Waals surface area contributed by atoms with Gasteiger partial charge in [0.15, 0.2) is 0 Å². The van der Waals surface area contributed by atoms with Gasteiger partial charge in [-0.3, -0.25) is 9.69 Å². The van der Waals surface area contributed by atoms with Crippen LogP contribution in [0.15, 0.2) is 41.2 Å². The summed E-state index contributed by atoms with van der Waals surface area (Å²) in [5, 5.41) is 21.7. The number of aliphatic carboxylic acids is 2. The summed E-state index contributed by atoms with van der Waals surface area (Å²) >= 11 is 0. The van der Waals surface area contributed by atoms with Crippen molar-refractivity contribution in [3.8, 4) is 11.6 Å². The lowest BCUT2D eigenvalue weighted by atomic mass is 10.0. The maximum Gasteiger partial charge on any atom is 0.414 e. The van der Waals surface area contributed by atoms with E-state index in [-0.39, 0.29) is 11.8 Å². The first-order valence-corrected chi connectivity index (χ1v) is 9.90. The van der Waals surface area contributed by atoms with Gasteiger partial charge in [0.1, 0.15) is 0 Å². The summed E-state index contributed by atoms with van der Waals surface area (Å²) in [5.41, 5.74) is 3.11. The first kappa shape index (κ1) is 23.5.